The van der Waals surface area contributed by atoms with Crippen LogP contribution in [0.4, 0.5) is 17.6 Å². The summed E-state index contributed by atoms with van der Waals surface area (Å²) in [6, 6.07) is 10.6. The molecule has 1 aliphatic rings. The molecule has 0 unspecified atom stereocenters. The van der Waals surface area contributed by atoms with E-state index in [0.29, 0.717) is 16.8 Å². The average Bonchev–Trinajstić information content (AvgIpc) is 2.99. The Kier molecular flexibility index (Phi) is 5.83. The van der Waals surface area contributed by atoms with Crippen LogP contribution in [0.1, 0.15) is 23.6 Å². The molecule has 146 valence electrons. The van der Waals surface area contributed by atoms with E-state index in [2.05, 4.69) is 15.5 Å². The third-order valence-corrected chi connectivity index (χ3v) is 5.08. The van der Waals surface area contributed by atoms with Crippen LogP contribution in [0, 0.1) is 5.82 Å². The molecule has 4 nitrogen and oxygen atoms in total. The zero-order valence-corrected chi connectivity index (χ0v) is 15.4. The minimum absolute atomic E-state index is 0.139. The molecule has 1 heterocycles. The van der Waals surface area contributed by atoms with Crippen molar-refractivity contribution in [3.05, 3.63) is 71.0 Å². The van der Waals surface area contributed by atoms with Gasteiger partial charge in [-0.25, -0.2) is 4.39 Å². The zero-order valence-electron chi connectivity index (χ0n) is 14.6. The molecule has 9 heteroatoms. The van der Waals surface area contributed by atoms with E-state index in [9.17, 15) is 22.4 Å². The lowest BCUT2D eigenvalue weighted by atomic mass is 10.1. The van der Waals surface area contributed by atoms with Crippen LogP contribution in [0.15, 0.2) is 58.7 Å². The van der Waals surface area contributed by atoms with Gasteiger partial charge in [0, 0.05) is 0 Å². The monoisotopic (exact) mass is 409 g/mol. The molecule has 1 amide bonds. The van der Waals surface area contributed by atoms with Crippen molar-refractivity contribution in [2.45, 2.75) is 24.8 Å². The Balaban J connectivity index is 1.69. The third kappa shape index (κ3) is 4.98. The van der Waals surface area contributed by atoms with Crippen LogP contribution in [0.5, 0.6) is 0 Å². The lowest BCUT2D eigenvalue weighted by Crippen LogP contribution is -2.26. The van der Waals surface area contributed by atoms with Crippen molar-refractivity contribution in [1.82, 2.24) is 5.32 Å². The summed E-state index contributed by atoms with van der Waals surface area (Å²) in [4.78, 5) is 12.1. The lowest BCUT2D eigenvalue weighted by Gasteiger charge is -2.10. The summed E-state index contributed by atoms with van der Waals surface area (Å²) in [5.41, 5.74) is 0.876. The molecule has 2 aromatic carbocycles. The first-order chi connectivity index (χ1) is 13.2. The normalized spacial score (nSPS) is 19.2. The van der Waals surface area contributed by atoms with Gasteiger partial charge in [0.05, 0.1) is 16.5 Å². The quantitative estimate of drug-likeness (QED) is 0.462. The second kappa shape index (κ2) is 8.14. The number of hydrogen-bond acceptors (Lipinski definition) is 4. The van der Waals surface area contributed by atoms with Crippen LogP contribution >= 0.6 is 11.8 Å². The molecule has 0 aromatic heterocycles. The largest absolute Gasteiger partial charge is 0.416 e. The van der Waals surface area contributed by atoms with Crippen LogP contribution in [0.25, 0.3) is 0 Å². The molecule has 0 spiro atoms. The van der Waals surface area contributed by atoms with Crippen LogP contribution in [0.3, 0.4) is 0 Å². The maximum absolute atomic E-state index is 13.0. The van der Waals surface area contributed by atoms with Crippen molar-refractivity contribution in [3.63, 3.8) is 0 Å². The van der Waals surface area contributed by atoms with E-state index in [-0.39, 0.29) is 23.3 Å². The summed E-state index contributed by atoms with van der Waals surface area (Å²) in [5.74, 6) is -0.699. The number of amidine groups is 1. The SMILES string of the molecule is C/C(=N/N=C1/NC(=O)[C@@H](Cc2cccc(C(F)(F)F)c2)S1)c1ccc(F)cc1. The highest BCUT2D eigenvalue weighted by Crippen LogP contribution is 2.31. The molecular weight excluding hydrogens is 394 g/mol. The van der Waals surface area contributed by atoms with Crippen molar-refractivity contribution in [2.24, 2.45) is 10.2 Å². The van der Waals surface area contributed by atoms with Crippen molar-refractivity contribution < 1.29 is 22.4 Å². The number of carbonyl (C=O) groups excluding carboxylic acids is 1. The van der Waals surface area contributed by atoms with E-state index in [1.54, 1.807) is 25.1 Å². The highest BCUT2D eigenvalue weighted by molar-refractivity contribution is 8.15. The first-order valence-corrected chi connectivity index (χ1v) is 9.12. The molecular formula is C19H15F4N3OS. The number of amides is 1. The topological polar surface area (TPSA) is 53.8 Å². The van der Waals surface area contributed by atoms with Crippen molar-refractivity contribution in [3.8, 4) is 0 Å². The van der Waals surface area contributed by atoms with Gasteiger partial charge in [0.2, 0.25) is 5.91 Å². The number of nitrogens with one attached hydrogen (secondary N) is 1. The molecule has 0 aliphatic carbocycles. The van der Waals surface area contributed by atoms with Crippen LogP contribution < -0.4 is 5.32 Å². The van der Waals surface area contributed by atoms with Gasteiger partial charge in [0.15, 0.2) is 5.17 Å². The molecule has 0 saturated carbocycles. The maximum Gasteiger partial charge on any atom is 0.416 e. The number of nitrogens with zero attached hydrogens (tertiary/aromatic N) is 2. The standard InChI is InChI=1S/C19H15F4N3OS/c1-11(13-5-7-15(20)8-6-13)25-26-18-24-17(27)16(28-18)10-12-3-2-4-14(9-12)19(21,22)23/h2-9,16H,10H2,1H3,(H,24,26,27)/b25-11-/t16-/m1/s1. The fourth-order valence-corrected chi connectivity index (χ4v) is 3.50. The highest BCUT2D eigenvalue weighted by Gasteiger charge is 2.33. The second-order valence-corrected chi connectivity index (χ2v) is 7.29. The summed E-state index contributed by atoms with van der Waals surface area (Å²) in [6.07, 6.45) is -4.29. The van der Waals surface area contributed by atoms with Crippen LogP contribution in [-0.4, -0.2) is 22.0 Å². The number of rotatable bonds is 4. The molecule has 1 fully saturated rings. The first-order valence-electron chi connectivity index (χ1n) is 8.24. The molecule has 1 atom stereocenters. The van der Waals surface area contributed by atoms with Gasteiger partial charge in [0.1, 0.15) is 5.82 Å². The smallest absolute Gasteiger partial charge is 0.303 e. The molecule has 3 rings (SSSR count). The summed E-state index contributed by atoms with van der Waals surface area (Å²) in [5, 5.41) is 10.3. The fourth-order valence-electron chi connectivity index (χ4n) is 2.54. The Morgan fingerprint density at radius 1 is 1.18 bits per heavy atom. The first kappa shape index (κ1) is 20.1. The Morgan fingerprint density at radius 2 is 1.89 bits per heavy atom. The zero-order chi connectivity index (χ0) is 20.3. The van der Waals surface area contributed by atoms with Gasteiger partial charge in [0.25, 0.3) is 0 Å². The molecule has 1 N–H and O–H groups in total. The number of halogens is 4. The maximum atomic E-state index is 13.0. The fraction of sp³-hybridized carbons (Fsp3) is 0.211. The van der Waals surface area contributed by atoms with Gasteiger partial charge in [-0.1, -0.05) is 42.1 Å². The number of hydrogen-bond donors (Lipinski definition) is 1. The Bertz CT molecular complexity index is 939. The van der Waals surface area contributed by atoms with E-state index in [0.717, 1.165) is 23.9 Å². The third-order valence-electron chi connectivity index (χ3n) is 4.00. The van der Waals surface area contributed by atoms with E-state index in [1.807, 2.05) is 0 Å². The van der Waals surface area contributed by atoms with E-state index in [4.69, 9.17) is 0 Å². The molecule has 0 radical (unpaired) electrons. The number of carbonyl (C=O) groups is 1. The average molecular weight is 409 g/mol. The molecule has 0 bridgehead atoms. The Labute approximate surface area is 162 Å². The molecule has 28 heavy (non-hydrogen) atoms. The highest BCUT2D eigenvalue weighted by atomic mass is 32.2. The number of thioether (sulfide) groups is 1. The van der Waals surface area contributed by atoms with E-state index in [1.165, 1.54) is 18.2 Å². The van der Waals surface area contributed by atoms with Crippen molar-refractivity contribution >= 4 is 28.5 Å². The molecule has 2 aromatic rings. The summed E-state index contributed by atoms with van der Waals surface area (Å²) < 4.78 is 51.4. The minimum atomic E-state index is -4.43. The van der Waals surface area contributed by atoms with Crippen LogP contribution in [-0.2, 0) is 17.4 Å². The van der Waals surface area contributed by atoms with Gasteiger partial charge in [-0.05, 0) is 42.7 Å². The second-order valence-electron chi connectivity index (χ2n) is 6.10. The Hall–Kier alpha value is -2.68. The number of alkyl halides is 3. The summed E-state index contributed by atoms with van der Waals surface area (Å²) in [6.45, 7) is 1.69. The van der Waals surface area contributed by atoms with Gasteiger partial charge in [-0.3, -0.25) is 4.79 Å². The Morgan fingerprint density at radius 3 is 2.57 bits per heavy atom. The molecule has 1 saturated heterocycles. The van der Waals surface area contributed by atoms with Gasteiger partial charge >= 0.3 is 6.18 Å². The van der Waals surface area contributed by atoms with E-state index < -0.39 is 17.0 Å². The van der Waals surface area contributed by atoms with Crippen LogP contribution in [0.2, 0.25) is 0 Å². The summed E-state index contributed by atoms with van der Waals surface area (Å²) >= 11 is 1.11. The van der Waals surface area contributed by atoms with Gasteiger partial charge < -0.3 is 5.32 Å². The van der Waals surface area contributed by atoms with Gasteiger partial charge in [-0.15, -0.1) is 5.10 Å². The lowest BCUT2D eigenvalue weighted by molar-refractivity contribution is -0.137. The number of benzene rings is 2. The van der Waals surface area contributed by atoms with Crippen molar-refractivity contribution in [1.29, 1.82) is 0 Å². The predicted octanol–water partition coefficient (Wildman–Crippen LogP) is 4.40. The van der Waals surface area contributed by atoms with Crippen molar-refractivity contribution in [2.75, 3.05) is 0 Å². The predicted molar refractivity (Wildman–Crippen MR) is 101 cm³/mol. The summed E-state index contributed by atoms with van der Waals surface area (Å²) in [7, 11) is 0. The molecule has 1 aliphatic heterocycles. The van der Waals surface area contributed by atoms with E-state index >= 15 is 0 Å². The van der Waals surface area contributed by atoms with Gasteiger partial charge in [-0.2, -0.15) is 18.3 Å². The minimum Gasteiger partial charge on any atom is -0.303 e.